The molecule has 1 aromatic carbocycles. The zero-order valence-electron chi connectivity index (χ0n) is 10.7. The second kappa shape index (κ2) is 5.59. The summed E-state index contributed by atoms with van der Waals surface area (Å²) in [7, 11) is 1.94. The minimum absolute atomic E-state index is 0.0180. The van der Waals surface area contributed by atoms with Gasteiger partial charge in [0.05, 0.1) is 12.6 Å². The van der Waals surface area contributed by atoms with Gasteiger partial charge in [-0.15, -0.1) is 0 Å². The Labute approximate surface area is 107 Å². The molecule has 1 fully saturated rings. The van der Waals surface area contributed by atoms with Gasteiger partial charge in [0.1, 0.15) is 5.82 Å². The summed E-state index contributed by atoms with van der Waals surface area (Å²) in [4.78, 5) is 14.3. The van der Waals surface area contributed by atoms with E-state index in [0.717, 1.165) is 13.0 Å². The van der Waals surface area contributed by atoms with E-state index in [1.807, 2.05) is 18.9 Å². The van der Waals surface area contributed by atoms with Crippen LogP contribution in [-0.2, 0) is 4.74 Å². The highest BCUT2D eigenvalue weighted by Gasteiger charge is 2.28. The van der Waals surface area contributed by atoms with Gasteiger partial charge in [0, 0.05) is 18.2 Å². The number of ether oxygens (including phenoxy) is 1. The van der Waals surface area contributed by atoms with Crippen molar-refractivity contribution in [3.05, 3.63) is 35.6 Å². The molecule has 0 N–H and O–H groups in total. The summed E-state index contributed by atoms with van der Waals surface area (Å²) in [6.07, 6.45) is 0.956. The third-order valence-corrected chi connectivity index (χ3v) is 3.60. The van der Waals surface area contributed by atoms with Crippen LogP contribution in [0, 0.1) is 5.82 Å². The molecule has 1 aliphatic heterocycles. The molecule has 0 saturated carbocycles. The number of Topliss-reactive ketones (excluding diaryl/α,β-unsaturated/α-hetero) is 1. The second-order valence-electron chi connectivity index (χ2n) is 4.73. The van der Waals surface area contributed by atoms with E-state index in [1.54, 1.807) is 0 Å². The maximum absolute atomic E-state index is 12.8. The number of nitrogens with zero attached hydrogens (tertiary/aromatic N) is 1. The van der Waals surface area contributed by atoms with Crippen LogP contribution < -0.4 is 0 Å². The largest absolute Gasteiger partial charge is 0.380 e. The van der Waals surface area contributed by atoms with Crippen LogP contribution in [0.4, 0.5) is 4.39 Å². The molecule has 0 spiro atoms. The summed E-state index contributed by atoms with van der Waals surface area (Å²) in [5.41, 5.74) is 0.551. The van der Waals surface area contributed by atoms with E-state index >= 15 is 0 Å². The fourth-order valence-electron chi connectivity index (χ4n) is 2.20. The van der Waals surface area contributed by atoms with E-state index in [9.17, 15) is 9.18 Å². The highest BCUT2D eigenvalue weighted by molar-refractivity contribution is 5.99. The van der Waals surface area contributed by atoms with Gasteiger partial charge in [-0.3, -0.25) is 9.69 Å². The number of halogens is 1. The number of hydrogen-bond acceptors (Lipinski definition) is 3. The van der Waals surface area contributed by atoms with Crippen molar-refractivity contribution in [1.29, 1.82) is 0 Å². The van der Waals surface area contributed by atoms with Gasteiger partial charge in [-0.1, -0.05) is 0 Å². The van der Waals surface area contributed by atoms with Crippen LogP contribution >= 0.6 is 0 Å². The fourth-order valence-corrected chi connectivity index (χ4v) is 2.20. The smallest absolute Gasteiger partial charge is 0.179 e. The first-order valence-electron chi connectivity index (χ1n) is 6.19. The van der Waals surface area contributed by atoms with Crippen LogP contribution in [0.2, 0.25) is 0 Å². The van der Waals surface area contributed by atoms with Gasteiger partial charge in [0.25, 0.3) is 0 Å². The lowest BCUT2D eigenvalue weighted by molar-refractivity contribution is 0.0795. The summed E-state index contributed by atoms with van der Waals surface area (Å²) < 4.78 is 18.1. The van der Waals surface area contributed by atoms with Gasteiger partial charge < -0.3 is 4.74 Å². The molecular weight excluding hydrogens is 233 g/mol. The molecule has 0 aliphatic carbocycles. The van der Waals surface area contributed by atoms with E-state index in [2.05, 4.69) is 0 Å². The molecule has 1 aliphatic rings. The van der Waals surface area contributed by atoms with Crippen molar-refractivity contribution in [1.82, 2.24) is 4.90 Å². The Kier molecular flexibility index (Phi) is 4.09. The summed E-state index contributed by atoms with van der Waals surface area (Å²) >= 11 is 0. The first kappa shape index (κ1) is 13.2. The summed E-state index contributed by atoms with van der Waals surface area (Å²) in [5.74, 6) is -0.304. The monoisotopic (exact) mass is 251 g/mol. The first-order valence-corrected chi connectivity index (χ1v) is 6.19. The van der Waals surface area contributed by atoms with Crippen molar-refractivity contribution >= 4 is 5.78 Å². The van der Waals surface area contributed by atoms with Crippen LogP contribution in [0.5, 0.6) is 0 Å². The lowest BCUT2D eigenvalue weighted by Crippen LogP contribution is -2.43. The normalized spacial score (nSPS) is 21.2. The number of benzene rings is 1. The molecule has 4 heteroatoms. The highest BCUT2D eigenvalue weighted by atomic mass is 19.1. The number of ketones is 1. The number of carbonyl (C=O) groups excluding carboxylic acids is 1. The lowest BCUT2D eigenvalue weighted by Gasteiger charge is -2.28. The molecule has 2 unspecified atom stereocenters. The zero-order valence-corrected chi connectivity index (χ0v) is 10.7. The average Bonchev–Trinajstić information content (AvgIpc) is 2.91. The van der Waals surface area contributed by atoms with E-state index in [-0.39, 0.29) is 17.6 Å². The topological polar surface area (TPSA) is 29.5 Å². The summed E-state index contributed by atoms with van der Waals surface area (Å²) in [5, 5.41) is 0. The number of likely N-dealkylation sites (N-methyl/N-ethyl adjacent to an activating group) is 1. The van der Waals surface area contributed by atoms with Gasteiger partial charge in [0.2, 0.25) is 0 Å². The van der Waals surface area contributed by atoms with E-state index in [0.29, 0.717) is 18.2 Å². The first-order chi connectivity index (χ1) is 8.59. The molecule has 0 radical (unpaired) electrons. The van der Waals surface area contributed by atoms with Crippen molar-refractivity contribution < 1.29 is 13.9 Å². The van der Waals surface area contributed by atoms with Gasteiger partial charge in [-0.05, 0) is 44.7 Å². The van der Waals surface area contributed by atoms with Crippen LogP contribution in [-0.4, -0.2) is 43.0 Å². The molecule has 1 saturated heterocycles. The van der Waals surface area contributed by atoms with E-state index in [4.69, 9.17) is 4.74 Å². The molecule has 0 amide bonds. The maximum atomic E-state index is 12.8. The lowest BCUT2D eigenvalue weighted by atomic mass is 10.0. The Morgan fingerprint density at radius 3 is 2.67 bits per heavy atom. The molecule has 1 heterocycles. The van der Waals surface area contributed by atoms with E-state index < -0.39 is 0 Å². The minimum Gasteiger partial charge on any atom is -0.380 e. The quantitative estimate of drug-likeness (QED) is 0.768. The van der Waals surface area contributed by atoms with Crippen LogP contribution in [0.15, 0.2) is 24.3 Å². The predicted octanol–water partition coefficient (Wildman–Crippen LogP) is 2.12. The van der Waals surface area contributed by atoms with Gasteiger partial charge >= 0.3 is 0 Å². The molecule has 98 valence electrons. The number of rotatable bonds is 4. The molecule has 0 bridgehead atoms. The van der Waals surface area contributed by atoms with Gasteiger partial charge in [-0.25, -0.2) is 4.39 Å². The van der Waals surface area contributed by atoms with E-state index in [1.165, 1.54) is 24.3 Å². The van der Waals surface area contributed by atoms with Crippen molar-refractivity contribution in [2.45, 2.75) is 25.4 Å². The zero-order chi connectivity index (χ0) is 13.1. The van der Waals surface area contributed by atoms with Crippen molar-refractivity contribution in [2.75, 3.05) is 20.3 Å². The van der Waals surface area contributed by atoms with Crippen molar-refractivity contribution in [3.8, 4) is 0 Å². The SMILES string of the molecule is CC(C(=O)c1ccc(F)cc1)N(C)C1CCOC1. The highest BCUT2D eigenvalue weighted by Crippen LogP contribution is 2.16. The number of carbonyl (C=O) groups is 1. The average molecular weight is 251 g/mol. The molecule has 1 aromatic rings. The van der Waals surface area contributed by atoms with Crippen LogP contribution in [0.1, 0.15) is 23.7 Å². The van der Waals surface area contributed by atoms with Gasteiger partial charge in [-0.2, -0.15) is 0 Å². The Hall–Kier alpha value is -1.26. The third kappa shape index (κ3) is 2.76. The summed E-state index contributed by atoms with van der Waals surface area (Å²) in [6.45, 7) is 3.31. The Morgan fingerprint density at radius 2 is 2.11 bits per heavy atom. The molecule has 18 heavy (non-hydrogen) atoms. The van der Waals surface area contributed by atoms with Crippen LogP contribution in [0.25, 0.3) is 0 Å². The van der Waals surface area contributed by atoms with Gasteiger partial charge in [0.15, 0.2) is 5.78 Å². The Morgan fingerprint density at radius 1 is 1.44 bits per heavy atom. The maximum Gasteiger partial charge on any atom is 0.179 e. The fraction of sp³-hybridized carbons (Fsp3) is 0.500. The van der Waals surface area contributed by atoms with Crippen molar-refractivity contribution in [2.24, 2.45) is 0 Å². The predicted molar refractivity (Wildman–Crippen MR) is 67.2 cm³/mol. The third-order valence-electron chi connectivity index (χ3n) is 3.60. The minimum atomic E-state index is -0.322. The van der Waals surface area contributed by atoms with Crippen LogP contribution in [0.3, 0.4) is 0 Å². The number of hydrogen-bond donors (Lipinski definition) is 0. The second-order valence-corrected chi connectivity index (χ2v) is 4.73. The molecule has 2 atom stereocenters. The molecular formula is C14H18FNO2. The molecule has 2 rings (SSSR count). The van der Waals surface area contributed by atoms with Crippen molar-refractivity contribution in [3.63, 3.8) is 0 Å². The Bertz CT molecular complexity index is 412. The Balaban J connectivity index is 2.05. The standard InChI is InChI=1S/C14H18FNO2/c1-10(16(2)13-7-8-18-9-13)14(17)11-3-5-12(15)6-4-11/h3-6,10,13H,7-9H2,1-2H3. The molecule has 3 nitrogen and oxygen atoms in total. The summed E-state index contributed by atoms with van der Waals surface area (Å²) in [6, 6.07) is 5.78. The molecule has 0 aromatic heterocycles.